The third kappa shape index (κ3) is 6.39. The van der Waals surface area contributed by atoms with Gasteiger partial charge in [0.2, 0.25) is 5.91 Å². The first kappa shape index (κ1) is 17.6. The Labute approximate surface area is 110 Å². The minimum Gasteiger partial charge on any atom is -0.394 e. The molecule has 5 N–H and O–H groups in total. The zero-order valence-electron chi connectivity index (χ0n) is 10.5. The van der Waals surface area contributed by atoms with Crippen LogP contribution in [0.2, 0.25) is 0 Å². The number of Topliss-reactive ketones (excluding diaryl/α,β-unsaturated/α-hetero) is 1. The predicted octanol–water partition coefficient (Wildman–Crippen LogP) is -2.89. The summed E-state index contributed by atoms with van der Waals surface area (Å²) in [4.78, 5) is 32.8. The van der Waals surface area contributed by atoms with Crippen molar-refractivity contribution >= 4 is 18.0 Å². The van der Waals surface area contributed by atoms with Gasteiger partial charge in [-0.2, -0.15) is 0 Å². The molecule has 0 spiro atoms. The van der Waals surface area contributed by atoms with Crippen LogP contribution in [-0.2, 0) is 14.4 Å². The Bertz CT molecular complexity index is 320. The lowest BCUT2D eigenvalue weighted by atomic mass is 10.0. The summed E-state index contributed by atoms with van der Waals surface area (Å²) in [5.74, 6) is -0.842. The summed E-state index contributed by atoms with van der Waals surface area (Å²) in [6, 6.07) is -1.43. The Balaban J connectivity index is 4.44. The number of ketones is 1. The van der Waals surface area contributed by atoms with E-state index in [1.54, 1.807) is 0 Å². The third-order valence-corrected chi connectivity index (χ3v) is 2.48. The summed E-state index contributed by atoms with van der Waals surface area (Å²) in [6.07, 6.45) is -5.13. The Morgan fingerprint density at radius 2 is 1.74 bits per heavy atom. The molecule has 0 radical (unpaired) electrons. The lowest BCUT2D eigenvalue weighted by Gasteiger charge is -2.26. The van der Waals surface area contributed by atoms with Crippen LogP contribution in [-0.4, -0.2) is 69.4 Å². The lowest BCUT2D eigenvalue weighted by Crippen LogP contribution is -2.53. The van der Waals surface area contributed by atoms with Crippen molar-refractivity contribution in [1.82, 2.24) is 5.32 Å². The van der Waals surface area contributed by atoms with Crippen molar-refractivity contribution in [2.45, 2.75) is 44.1 Å². The SMILES string of the molecule is CC(=O)CCC(=O)N[C@@H](C=O)[C@@H](O)[C@@H](O)[C@H](O)CO. The molecule has 110 valence electrons. The zero-order valence-corrected chi connectivity index (χ0v) is 10.5. The van der Waals surface area contributed by atoms with Gasteiger partial charge in [0.25, 0.3) is 0 Å². The Kier molecular flexibility index (Phi) is 8.08. The number of aliphatic hydroxyl groups excluding tert-OH is 4. The van der Waals surface area contributed by atoms with E-state index in [4.69, 9.17) is 10.2 Å². The van der Waals surface area contributed by atoms with Gasteiger partial charge in [0.05, 0.1) is 6.61 Å². The predicted molar refractivity (Wildman–Crippen MR) is 63.0 cm³/mol. The van der Waals surface area contributed by atoms with Gasteiger partial charge in [0, 0.05) is 12.8 Å². The van der Waals surface area contributed by atoms with Crippen molar-refractivity contribution in [3.05, 3.63) is 0 Å². The number of nitrogens with one attached hydrogen (secondary N) is 1. The molecule has 0 aliphatic carbocycles. The third-order valence-electron chi connectivity index (χ3n) is 2.48. The Morgan fingerprint density at radius 3 is 2.16 bits per heavy atom. The fourth-order valence-corrected chi connectivity index (χ4v) is 1.30. The van der Waals surface area contributed by atoms with E-state index in [9.17, 15) is 24.6 Å². The summed E-state index contributed by atoms with van der Waals surface area (Å²) in [7, 11) is 0. The second kappa shape index (κ2) is 8.70. The standard InChI is InChI=1S/C11H19NO7/c1-6(15)2-3-9(17)12-7(4-13)10(18)11(19)8(16)5-14/h4,7-8,10-11,14,16,18-19H,2-3,5H2,1H3,(H,12,17)/t7-,8+,10+,11-/m0/s1. The molecule has 4 atom stereocenters. The molecule has 0 unspecified atom stereocenters. The molecule has 8 heteroatoms. The van der Waals surface area contributed by atoms with Gasteiger partial charge in [-0.1, -0.05) is 0 Å². The van der Waals surface area contributed by atoms with Crippen LogP contribution in [0.25, 0.3) is 0 Å². The maximum Gasteiger partial charge on any atom is 0.221 e. The van der Waals surface area contributed by atoms with E-state index in [0.29, 0.717) is 0 Å². The van der Waals surface area contributed by atoms with Gasteiger partial charge < -0.3 is 35.3 Å². The molecule has 19 heavy (non-hydrogen) atoms. The van der Waals surface area contributed by atoms with Gasteiger partial charge in [0.1, 0.15) is 36.4 Å². The van der Waals surface area contributed by atoms with Crippen molar-refractivity contribution in [3.63, 3.8) is 0 Å². The number of carbonyl (C=O) groups excluding carboxylic acids is 3. The van der Waals surface area contributed by atoms with Crippen molar-refractivity contribution in [2.75, 3.05) is 6.61 Å². The van der Waals surface area contributed by atoms with Crippen LogP contribution in [0, 0.1) is 0 Å². The number of hydrogen-bond acceptors (Lipinski definition) is 7. The molecular formula is C11H19NO7. The van der Waals surface area contributed by atoms with Gasteiger partial charge in [0.15, 0.2) is 0 Å². The van der Waals surface area contributed by atoms with E-state index in [2.05, 4.69) is 5.32 Å². The molecule has 0 aliphatic heterocycles. The number of aliphatic hydroxyl groups is 4. The number of aldehydes is 1. The second-order valence-corrected chi connectivity index (χ2v) is 4.16. The van der Waals surface area contributed by atoms with Crippen LogP contribution in [0.3, 0.4) is 0 Å². The van der Waals surface area contributed by atoms with E-state index in [-0.39, 0.29) is 24.9 Å². The van der Waals surface area contributed by atoms with Crippen molar-refractivity contribution in [3.8, 4) is 0 Å². The molecule has 0 saturated carbocycles. The average Bonchev–Trinajstić information content (AvgIpc) is 2.39. The van der Waals surface area contributed by atoms with Crippen molar-refractivity contribution < 1.29 is 34.8 Å². The summed E-state index contributed by atoms with van der Waals surface area (Å²) < 4.78 is 0. The van der Waals surface area contributed by atoms with E-state index in [1.165, 1.54) is 6.92 Å². The monoisotopic (exact) mass is 277 g/mol. The van der Waals surface area contributed by atoms with Gasteiger partial charge in [-0.05, 0) is 6.92 Å². The number of rotatable bonds is 9. The molecule has 1 amide bonds. The zero-order chi connectivity index (χ0) is 15.0. The van der Waals surface area contributed by atoms with Crippen LogP contribution in [0.4, 0.5) is 0 Å². The fourth-order valence-electron chi connectivity index (χ4n) is 1.30. The first-order valence-electron chi connectivity index (χ1n) is 5.72. The first-order valence-corrected chi connectivity index (χ1v) is 5.72. The van der Waals surface area contributed by atoms with Crippen LogP contribution in [0.5, 0.6) is 0 Å². The minimum absolute atomic E-state index is 0.00464. The number of hydrogen-bond donors (Lipinski definition) is 5. The fraction of sp³-hybridized carbons (Fsp3) is 0.727. The molecule has 8 nitrogen and oxygen atoms in total. The molecule has 0 aliphatic rings. The van der Waals surface area contributed by atoms with Gasteiger partial charge in [-0.15, -0.1) is 0 Å². The maximum atomic E-state index is 11.4. The Hall–Kier alpha value is -1.35. The van der Waals surface area contributed by atoms with E-state index in [0.717, 1.165) is 0 Å². The summed E-state index contributed by atoms with van der Waals surface area (Å²) >= 11 is 0. The summed E-state index contributed by atoms with van der Waals surface area (Å²) in [5, 5.41) is 38.8. The largest absolute Gasteiger partial charge is 0.394 e. The first-order chi connectivity index (χ1) is 8.83. The molecule has 0 saturated heterocycles. The second-order valence-electron chi connectivity index (χ2n) is 4.16. The van der Waals surface area contributed by atoms with E-state index >= 15 is 0 Å². The average molecular weight is 277 g/mol. The molecule has 0 rings (SSSR count). The molecule has 0 aromatic carbocycles. The molecular weight excluding hydrogens is 258 g/mol. The van der Waals surface area contributed by atoms with Gasteiger partial charge >= 0.3 is 0 Å². The molecule has 0 bridgehead atoms. The smallest absolute Gasteiger partial charge is 0.221 e. The summed E-state index contributed by atoms with van der Waals surface area (Å²) in [6.45, 7) is 0.503. The molecule has 0 fully saturated rings. The minimum atomic E-state index is -1.78. The molecule has 0 heterocycles. The van der Waals surface area contributed by atoms with Crippen molar-refractivity contribution in [2.24, 2.45) is 0 Å². The van der Waals surface area contributed by atoms with Crippen LogP contribution < -0.4 is 5.32 Å². The highest BCUT2D eigenvalue weighted by atomic mass is 16.4. The highest BCUT2D eigenvalue weighted by Gasteiger charge is 2.31. The van der Waals surface area contributed by atoms with Crippen LogP contribution in [0.15, 0.2) is 0 Å². The van der Waals surface area contributed by atoms with Crippen LogP contribution in [0.1, 0.15) is 19.8 Å². The highest BCUT2D eigenvalue weighted by Crippen LogP contribution is 2.04. The molecule has 0 aromatic heterocycles. The van der Waals surface area contributed by atoms with E-state index < -0.39 is 36.9 Å². The van der Waals surface area contributed by atoms with Gasteiger partial charge in [-0.3, -0.25) is 4.79 Å². The maximum absolute atomic E-state index is 11.4. The molecule has 0 aromatic rings. The quantitative estimate of drug-likeness (QED) is 0.285. The topological polar surface area (TPSA) is 144 Å². The van der Waals surface area contributed by atoms with Crippen molar-refractivity contribution in [1.29, 1.82) is 0 Å². The van der Waals surface area contributed by atoms with Gasteiger partial charge in [-0.25, -0.2) is 0 Å². The Morgan fingerprint density at radius 1 is 1.16 bits per heavy atom. The number of amides is 1. The summed E-state index contributed by atoms with van der Waals surface area (Å²) in [5.41, 5.74) is 0. The van der Waals surface area contributed by atoms with E-state index in [1.807, 2.05) is 0 Å². The number of carbonyl (C=O) groups is 3. The van der Waals surface area contributed by atoms with Crippen LogP contribution >= 0.6 is 0 Å². The lowest BCUT2D eigenvalue weighted by molar-refractivity contribution is -0.131. The normalized spacial score (nSPS) is 17.1. The highest BCUT2D eigenvalue weighted by molar-refractivity contribution is 5.85.